The van der Waals surface area contributed by atoms with E-state index in [0.717, 1.165) is 6.07 Å². The fraction of sp³-hybridized carbons (Fsp3) is 0.308. The van der Waals surface area contributed by atoms with Gasteiger partial charge in [0.2, 0.25) is 0 Å². The molecular weight excluding hydrogens is 240 g/mol. The van der Waals surface area contributed by atoms with Crippen molar-refractivity contribution < 1.29 is 18.7 Å². The summed E-state index contributed by atoms with van der Waals surface area (Å²) in [5.74, 6) is -1.09. The number of carboxylic acid groups (broad SMARTS) is 1. The monoisotopic (exact) mass is 253 g/mol. The maximum Gasteiger partial charge on any atom is 0.407 e. The van der Waals surface area contributed by atoms with Crippen LogP contribution in [0, 0.1) is 18.7 Å². The number of likely N-dealkylation sites (tertiary alicyclic amines) is 1. The SMILES string of the molecule is Cc1ccc(C(F)=CC2CN(C(=O)O)C2)cc1F. The molecule has 1 N–H and O–H groups in total. The molecule has 2 rings (SSSR count). The highest BCUT2D eigenvalue weighted by molar-refractivity contribution is 5.67. The normalized spacial score (nSPS) is 16.6. The second-order valence-electron chi connectivity index (χ2n) is 4.43. The van der Waals surface area contributed by atoms with Crippen molar-refractivity contribution in [3.8, 4) is 0 Å². The highest BCUT2D eigenvalue weighted by atomic mass is 19.1. The third-order valence-corrected chi connectivity index (χ3v) is 3.01. The van der Waals surface area contributed by atoms with Crippen LogP contribution in [-0.4, -0.2) is 29.2 Å². The van der Waals surface area contributed by atoms with Crippen LogP contribution >= 0.6 is 0 Å². The molecule has 1 aliphatic rings. The molecule has 0 saturated carbocycles. The van der Waals surface area contributed by atoms with Gasteiger partial charge in [0.15, 0.2) is 0 Å². The number of nitrogens with zero attached hydrogens (tertiary/aromatic N) is 1. The van der Waals surface area contributed by atoms with Crippen LogP contribution < -0.4 is 0 Å². The van der Waals surface area contributed by atoms with Crippen LogP contribution in [0.3, 0.4) is 0 Å². The van der Waals surface area contributed by atoms with Crippen LogP contribution in [0.4, 0.5) is 13.6 Å². The van der Waals surface area contributed by atoms with Crippen molar-refractivity contribution in [1.29, 1.82) is 0 Å². The van der Waals surface area contributed by atoms with Gasteiger partial charge < -0.3 is 10.0 Å². The Morgan fingerprint density at radius 1 is 1.50 bits per heavy atom. The Labute approximate surface area is 103 Å². The Morgan fingerprint density at radius 3 is 2.72 bits per heavy atom. The molecule has 0 aliphatic carbocycles. The zero-order valence-corrected chi connectivity index (χ0v) is 9.86. The van der Waals surface area contributed by atoms with Crippen LogP contribution in [0.15, 0.2) is 24.3 Å². The molecule has 0 radical (unpaired) electrons. The highest BCUT2D eigenvalue weighted by Gasteiger charge is 2.29. The van der Waals surface area contributed by atoms with Gasteiger partial charge in [-0.05, 0) is 24.6 Å². The van der Waals surface area contributed by atoms with Gasteiger partial charge in [-0.25, -0.2) is 13.6 Å². The predicted molar refractivity (Wildman–Crippen MR) is 63.3 cm³/mol. The third kappa shape index (κ3) is 2.50. The zero-order chi connectivity index (χ0) is 13.3. The molecule has 1 heterocycles. The number of benzene rings is 1. The maximum absolute atomic E-state index is 13.8. The molecule has 1 aromatic rings. The minimum atomic E-state index is -0.999. The van der Waals surface area contributed by atoms with E-state index in [2.05, 4.69) is 0 Å². The van der Waals surface area contributed by atoms with Crippen LogP contribution in [-0.2, 0) is 0 Å². The molecule has 5 heteroatoms. The lowest BCUT2D eigenvalue weighted by Crippen LogP contribution is -2.48. The Kier molecular flexibility index (Phi) is 3.32. The summed E-state index contributed by atoms with van der Waals surface area (Å²) in [5.41, 5.74) is 0.652. The quantitative estimate of drug-likeness (QED) is 0.880. The predicted octanol–water partition coefficient (Wildman–Crippen LogP) is 3.05. The van der Waals surface area contributed by atoms with Gasteiger partial charge in [0.05, 0.1) is 0 Å². The van der Waals surface area contributed by atoms with Crippen LogP contribution in [0.25, 0.3) is 5.83 Å². The summed E-state index contributed by atoms with van der Waals surface area (Å²) < 4.78 is 27.0. The summed E-state index contributed by atoms with van der Waals surface area (Å²) in [5, 5.41) is 8.63. The Hall–Kier alpha value is -1.91. The molecule has 0 spiro atoms. The molecule has 3 nitrogen and oxygen atoms in total. The highest BCUT2D eigenvalue weighted by Crippen LogP contribution is 2.24. The molecule has 0 atom stereocenters. The number of hydrogen-bond acceptors (Lipinski definition) is 1. The molecule has 1 aromatic carbocycles. The zero-order valence-electron chi connectivity index (χ0n) is 9.86. The Balaban J connectivity index is 2.05. The summed E-state index contributed by atoms with van der Waals surface area (Å²) in [6.07, 6.45) is 0.352. The summed E-state index contributed by atoms with van der Waals surface area (Å²) in [7, 11) is 0. The first-order valence-electron chi connectivity index (χ1n) is 5.59. The first-order valence-corrected chi connectivity index (χ1v) is 5.59. The van der Waals surface area contributed by atoms with E-state index in [1.807, 2.05) is 0 Å². The minimum absolute atomic E-state index is 0.134. The topological polar surface area (TPSA) is 40.5 Å². The van der Waals surface area contributed by atoms with E-state index in [1.165, 1.54) is 23.1 Å². The lowest BCUT2D eigenvalue weighted by atomic mass is 9.98. The van der Waals surface area contributed by atoms with Crippen molar-refractivity contribution in [2.24, 2.45) is 5.92 Å². The van der Waals surface area contributed by atoms with E-state index in [0.29, 0.717) is 5.56 Å². The van der Waals surface area contributed by atoms with Crippen LogP contribution in [0.2, 0.25) is 0 Å². The van der Waals surface area contributed by atoms with Gasteiger partial charge in [-0.2, -0.15) is 0 Å². The van der Waals surface area contributed by atoms with Gasteiger partial charge in [-0.15, -0.1) is 0 Å². The molecule has 1 fully saturated rings. The summed E-state index contributed by atoms with van der Waals surface area (Å²) in [6, 6.07) is 4.18. The second-order valence-corrected chi connectivity index (χ2v) is 4.43. The van der Waals surface area contributed by atoms with E-state index in [-0.39, 0.29) is 24.6 Å². The Bertz CT molecular complexity index is 508. The summed E-state index contributed by atoms with van der Waals surface area (Å²) in [6.45, 7) is 2.19. The number of halogens is 2. The molecule has 0 aromatic heterocycles. The lowest BCUT2D eigenvalue weighted by molar-refractivity contribution is 0.0972. The molecule has 1 amide bonds. The summed E-state index contributed by atoms with van der Waals surface area (Å²) in [4.78, 5) is 11.7. The van der Waals surface area contributed by atoms with Gasteiger partial charge in [0.1, 0.15) is 11.6 Å². The lowest BCUT2D eigenvalue weighted by Gasteiger charge is -2.35. The standard InChI is InChI=1S/C13H13F2NO2/c1-8-2-3-10(5-11(8)14)12(15)4-9-6-16(7-9)13(17)18/h2-5,9H,6-7H2,1H3,(H,17,18). The van der Waals surface area contributed by atoms with E-state index < -0.39 is 17.7 Å². The molecule has 0 unspecified atom stereocenters. The first-order chi connectivity index (χ1) is 8.47. The average molecular weight is 253 g/mol. The molecular formula is C13H13F2NO2. The second kappa shape index (κ2) is 4.76. The van der Waals surface area contributed by atoms with Gasteiger partial charge >= 0.3 is 6.09 Å². The number of amides is 1. The van der Waals surface area contributed by atoms with Gasteiger partial charge in [0, 0.05) is 24.6 Å². The molecule has 0 bridgehead atoms. The van der Waals surface area contributed by atoms with Crippen molar-refractivity contribution in [1.82, 2.24) is 4.90 Å². The van der Waals surface area contributed by atoms with Crippen molar-refractivity contribution in [3.05, 3.63) is 41.2 Å². The number of hydrogen-bond donors (Lipinski definition) is 1. The molecule has 96 valence electrons. The number of carbonyl (C=O) groups is 1. The largest absolute Gasteiger partial charge is 0.465 e. The first kappa shape index (κ1) is 12.5. The van der Waals surface area contributed by atoms with Crippen LogP contribution in [0.5, 0.6) is 0 Å². The van der Waals surface area contributed by atoms with E-state index in [4.69, 9.17) is 5.11 Å². The van der Waals surface area contributed by atoms with Crippen molar-refractivity contribution in [2.75, 3.05) is 13.1 Å². The minimum Gasteiger partial charge on any atom is -0.465 e. The summed E-state index contributed by atoms with van der Waals surface area (Å²) >= 11 is 0. The molecule has 18 heavy (non-hydrogen) atoms. The fourth-order valence-electron chi connectivity index (χ4n) is 1.82. The van der Waals surface area contributed by atoms with E-state index >= 15 is 0 Å². The van der Waals surface area contributed by atoms with Crippen molar-refractivity contribution in [3.63, 3.8) is 0 Å². The molecule has 1 saturated heterocycles. The Morgan fingerprint density at radius 2 is 2.17 bits per heavy atom. The van der Waals surface area contributed by atoms with E-state index in [9.17, 15) is 13.6 Å². The van der Waals surface area contributed by atoms with Gasteiger partial charge in [0.25, 0.3) is 0 Å². The fourth-order valence-corrected chi connectivity index (χ4v) is 1.82. The van der Waals surface area contributed by atoms with E-state index in [1.54, 1.807) is 6.92 Å². The molecule has 1 aliphatic heterocycles. The smallest absolute Gasteiger partial charge is 0.407 e. The van der Waals surface area contributed by atoms with Gasteiger partial charge in [-0.3, -0.25) is 0 Å². The number of rotatable bonds is 2. The number of aryl methyl sites for hydroxylation is 1. The van der Waals surface area contributed by atoms with Crippen LogP contribution in [0.1, 0.15) is 11.1 Å². The average Bonchev–Trinajstić information content (AvgIpc) is 2.25. The maximum atomic E-state index is 13.8. The third-order valence-electron chi connectivity index (χ3n) is 3.01. The van der Waals surface area contributed by atoms with Crippen molar-refractivity contribution >= 4 is 11.9 Å². The van der Waals surface area contributed by atoms with Crippen molar-refractivity contribution in [2.45, 2.75) is 6.92 Å². The van der Waals surface area contributed by atoms with Gasteiger partial charge in [-0.1, -0.05) is 12.1 Å².